The number of para-hydroxylation sites is 1. The van der Waals surface area contributed by atoms with E-state index in [-0.39, 0.29) is 0 Å². The zero-order chi connectivity index (χ0) is 13.8. The van der Waals surface area contributed by atoms with Crippen LogP contribution in [0.4, 0.5) is 5.69 Å². The molecule has 2 aromatic carbocycles. The quantitative estimate of drug-likeness (QED) is 0.842. The summed E-state index contributed by atoms with van der Waals surface area (Å²) in [5.74, 6) is 0.879. The molecule has 0 spiro atoms. The van der Waals surface area contributed by atoms with Gasteiger partial charge in [0.1, 0.15) is 5.75 Å². The monoisotopic (exact) mass is 339 g/mol. The van der Waals surface area contributed by atoms with E-state index in [0.717, 1.165) is 32.1 Å². The van der Waals surface area contributed by atoms with E-state index in [9.17, 15) is 0 Å². The summed E-state index contributed by atoms with van der Waals surface area (Å²) >= 11 is 9.68. The van der Waals surface area contributed by atoms with Crippen LogP contribution in [0, 0.1) is 6.92 Å². The third-order valence-corrected chi connectivity index (χ3v) is 3.97. The maximum atomic E-state index is 6.14. The molecule has 0 aliphatic heterocycles. The van der Waals surface area contributed by atoms with Crippen LogP contribution in [-0.4, -0.2) is 7.11 Å². The minimum absolute atomic E-state index is 0.683. The average Bonchev–Trinajstić information content (AvgIpc) is 2.41. The van der Waals surface area contributed by atoms with Gasteiger partial charge in [0, 0.05) is 21.6 Å². The van der Waals surface area contributed by atoms with Crippen molar-refractivity contribution >= 4 is 33.2 Å². The molecule has 0 saturated carbocycles. The number of hydrogen-bond donors (Lipinski definition) is 1. The molecule has 4 heteroatoms. The second kappa shape index (κ2) is 6.31. The van der Waals surface area contributed by atoms with Crippen LogP contribution in [0.5, 0.6) is 5.75 Å². The summed E-state index contributed by atoms with van der Waals surface area (Å²) in [5.41, 5.74) is 3.13. The molecule has 1 N–H and O–H groups in total. The second-order valence-corrected chi connectivity index (χ2v) is 5.51. The molecule has 0 radical (unpaired) electrons. The van der Waals surface area contributed by atoms with Crippen molar-refractivity contribution < 1.29 is 4.74 Å². The third kappa shape index (κ3) is 3.43. The SMILES string of the molecule is COc1ccccc1CNc1cc(Cl)c(C)cc1Br. The fourth-order valence-corrected chi connectivity index (χ4v) is 2.58. The fourth-order valence-electron chi connectivity index (χ4n) is 1.82. The van der Waals surface area contributed by atoms with Gasteiger partial charge < -0.3 is 10.1 Å². The van der Waals surface area contributed by atoms with E-state index in [2.05, 4.69) is 21.2 Å². The Kier molecular flexibility index (Phi) is 4.72. The molecule has 0 fully saturated rings. The van der Waals surface area contributed by atoms with Crippen molar-refractivity contribution in [1.82, 2.24) is 0 Å². The molecule has 0 bridgehead atoms. The summed E-state index contributed by atoms with van der Waals surface area (Å²) in [6.45, 7) is 2.67. The minimum Gasteiger partial charge on any atom is -0.496 e. The summed E-state index contributed by atoms with van der Waals surface area (Å²) in [6, 6.07) is 11.9. The molecular formula is C15H15BrClNO. The molecule has 0 atom stereocenters. The Hall–Kier alpha value is -1.19. The summed E-state index contributed by atoms with van der Waals surface area (Å²) in [4.78, 5) is 0. The van der Waals surface area contributed by atoms with E-state index in [4.69, 9.17) is 16.3 Å². The lowest BCUT2D eigenvalue weighted by molar-refractivity contribution is 0.410. The molecular weight excluding hydrogens is 326 g/mol. The number of halogens is 2. The molecule has 0 aliphatic carbocycles. The van der Waals surface area contributed by atoms with Crippen LogP contribution in [0.2, 0.25) is 5.02 Å². The molecule has 0 saturated heterocycles. The lowest BCUT2D eigenvalue weighted by Gasteiger charge is -2.12. The predicted molar refractivity (Wildman–Crippen MR) is 84.2 cm³/mol. The Labute approximate surface area is 126 Å². The molecule has 2 rings (SSSR count). The van der Waals surface area contributed by atoms with E-state index in [1.807, 2.05) is 43.3 Å². The summed E-state index contributed by atoms with van der Waals surface area (Å²) in [6.07, 6.45) is 0. The average molecular weight is 341 g/mol. The highest BCUT2D eigenvalue weighted by Gasteiger charge is 2.06. The molecule has 2 aromatic rings. The van der Waals surface area contributed by atoms with Crippen LogP contribution in [0.3, 0.4) is 0 Å². The first-order valence-electron chi connectivity index (χ1n) is 5.93. The molecule has 2 nitrogen and oxygen atoms in total. The van der Waals surface area contributed by atoms with Crippen molar-refractivity contribution in [2.24, 2.45) is 0 Å². The van der Waals surface area contributed by atoms with Crippen molar-refractivity contribution in [3.63, 3.8) is 0 Å². The van der Waals surface area contributed by atoms with E-state index in [0.29, 0.717) is 6.54 Å². The minimum atomic E-state index is 0.683. The van der Waals surface area contributed by atoms with Gasteiger partial charge in [0.05, 0.1) is 12.8 Å². The summed E-state index contributed by atoms with van der Waals surface area (Å²) in [7, 11) is 1.68. The number of anilines is 1. The number of rotatable bonds is 4. The van der Waals surface area contributed by atoms with E-state index >= 15 is 0 Å². The number of methoxy groups -OCH3 is 1. The maximum Gasteiger partial charge on any atom is 0.123 e. The van der Waals surface area contributed by atoms with Crippen LogP contribution in [0.1, 0.15) is 11.1 Å². The largest absolute Gasteiger partial charge is 0.496 e. The Morgan fingerprint density at radius 1 is 1.26 bits per heavy atom. The Morgan fingerprint density at radius 2 is 2.00 bits per heavy atom. The lowest BCUT2D eigenvalue weighted by Crippen LogP contribution is -2.02. The standard InChI is InChI=1S/C15H15BrClNO/c1-10-7-12(16)14(8-13(10)17)18-9-11-5-3-4-6-15(11)19-2/h3-8,18H,9H2,1-2H3. The summed E-state index contributed by atoms with van der Waals surface area (Å²) < 4.78 is 6.33. The van der Waals surface area contributed by atoms with E-state index in [1.54, 1.807) is 7.11 Å². The van der Waals surface area contributed by atoms with Crippen LogP contribution in [0.15, 0.2) is 40.9 Å². The first-order chi connectivity index (χ1) is 9.11. The van der Waals surface area contributed by atoms with Gasteiger partial charge in [-0.15, -0.1) is 0 Å². The highest BCUT2D eigenvalue weighted by atomic mass is 79.9. The molecule has 100 valence electrons. The van der Waals surface area contributed by atoms with Crippen molar-refractivity contribution in [1.29, 1.82) is 0 Å². The number of hydrogen-bond acceptors (Lipinski definition) is 2. The van der Waals surface area contributed by atoms with Crippen molar-refractivity contribution in [2.75, 3.05) is 12.4 Å². The number of aryl methyl sites for hydroxylation is 1. The third-order valence-electron chi connectivity index (χ3n) is 2.91. The first kappa shape index (κ1) is 14.2. The number of nitrogens with one attached hydrogen (secondary N) is 1. The molecule has 0 heterocycles. The maximum absolute atomic E-state index is 6.14. The lowest BCUT2D eigenvalue weighted by atomic mass is 10.2. The van der Waals surface area contributed by atoms with Gasteiger partial charge in [-0.25, -0.2) is 0 Å². The van der Waals surface area contributed by atoms with Gasteiger partial charge in [-0.1, -0.05) is 29.8 Å². The molecule has 0 aliphatic rings. The Balaban J connectivity index is 2.17. The van der Waals surface area contributed by atoms with Gasteiger partial charge in [-0.2, -0.15) is 0 Å². The Morgan fingerprint density at radius 3 is 2.74 bits per heavy atom. The van der Waals surface area contributed by atoms with Crippen LogP contribution >= 0.6 is 27.5 Å². The second-order valence-electron chi connectivity index (χ2n) is 4.25. The van der Waals surface area contributed by atoms with Gasteiger partial charge >= 0.3 is 0 Å². The van der Waals surface area contributed by atoms with Gasteiger partial charge in [-0.3, -0.25) is 0 Å². The van der Waals surface area contributed by atoms with Gasteiger partial charge in [0.2, 0.25) is 0 Å². The van der Waals surface area contributed by atoms with E-state index < -0.39 is 0 Å². The van der Waals surface area contributed by atoms with Gasteiger partial charge in [-0.05, 0) is 46.6 Å². The zero-order valence-electron chi connectivity index (χ0n) is 10.8. The molecule has 0 amide bonds. The van der Waals surface area contributed by atoms with Crippen molar-refractivity contribution in [3.8, 4) is 5.75 Å². The smallest absolute Gasteiger partial charge is 0.123 e. The van der Waals surface area contributed by atoms with Crippen LogP contribution in [0.25, 0.3) is 0 Å². The highest BCUT2D eigenvalue weighted by Crippen LogP contribution is 2.30. The molecule has 0 aromatic heterocycles. The zero-order valence-corrected chi connectivity index (χ0v) is 13.2. The number of ether oxygens (including phenoxy) is 1. The first-order valence-corrected chi connectivity index (χ1v) is 7.10. The fraction of sp³-hybridized carbons (Fsp3) is 0.200. The van der Waals surface area contributed by atoms with Gasteiger partial charge in [0.25, 0.3) is 0 Å². The van der Waals surface area contributed by atoms with Crippen molar-refractivity contribution in [3.05, 3.63) is 57.0 Å². The number of benzene rings is 2. The highest BCUT2D eigenvalue weighted by molar-refractivity contribution is 9.10. The van der Waals surface area contributed by atoms with E-state index in [1.165, 1.54) is 0 Å². The normalized spacial score (nSPS) is 10.3. The van der Waals surface area contributed by atoms with Crippen LogP contribution in [-0.2, 0) is 6.54 Å². The Bertz CT molecular complexity index is 586. The summed E-state index contributed by atoms with van der Waals surface area (Å²) in [5, 5.41) is 4.12. The molecule has 0 unspecified atom stereocenters. The van der Waals surface area contributed by atoms with Gasteiger partial charge in [0.15, 0.2) is 0 Å². The van der Waals surface area contributed by atoms with Crippen LogP contribution < -0.4 is 10.1 Å². The van der Waals surface area contributed by atoms with Crippen molar-refractivity contribution in [2.45, 2.75) is 13.5 Å². The predicted octanol–water partition coefficient (Wildman–Crippen LogP) is 5.03. The topological polar surface area (TPSA) is 21.3 Å². The molecule has 19 heavy (non-hydrogen) atoms.